The molecule has 0 aromatic heterocycles. The molecule has 1 aliphatic heterocycles. The molecule has 0 amide bonds. The highest BCUT2D eigenvalue weighted by Crippen LogP contribution is 2.27. The highest BCUT2D eigenvalue weighted by atomic mass is 16.5. The zero-order valence-corrected chi connectivity index (χ0v) is 13.2. The van der Waals surface area contributed by atoms with Crippen molar-refractivity contribution in [3.05, 3.63) is 23.8 Å². The summed E-state index contributed by atoms with van der Waals surface area (Å²) in [5, 5.41) is 3.45. The lowest BCUT2D eigenvalue weighted by Gasteiger charge is -2.30. The van der Waals surface area contributed by atoms with Crippen molar-refractivity contribution in [1.82, 2.24) is 10.2 Å². The van der Waals surface area contributed by atoms with Crippen LogP contribution in [0.2, 0.25) is 0 Å². The summed E-state index contributed by atoms with van der Waals surface area (Å²) in [6, 6.07) is 6.05. The van der Waals surface area contributed by atoms with Crippen molar-refractivity contribution >= 4 is 0 Å². The third-order valence-corrected chi connectivity index (χ3v) is 3.57. The third kappa shape index (κ3) is 4.88. The molecule has 0 radical (unpaired) electrons. The first kappa shape index (κ1) is 16.1. The summed E-state index contributed by atoms with van der Waals surface area (Å²) in [5.74, 6) is 1.57. The maximum atomic E-state index is 5.73. The Labute approximate surface area is 127 Å². The van der Waals surface area contributed by atoms with Crippen LogP contribution in [-0.4, -0.2) is 58.0 Å². The summed E-state index contributed by atoms with van der Waals surface area (Å²) in [5.41, 5.74) is 1.18. The van der Waals surface area contributed by atoms with E-state index >= 15 is 0 Å². The Hall–Kier alpha value is -1.30. The molecule has 1 saturated heterocycles. The van der Waals surface area contributed by atoms with Gasteiger partial charge < -0.3 is 24.4 Å². The van der Waals surface area contributed by atoms with Crippen molar-refractivity contribution in [1.29, 1.82) is 0 Å². The van der Waals surface area contributed by atoms with Gasteiger partial charge in [0.2, 0.25) is 0 Å². The number of hydrogen-bond donors (Lipinski definition) is 1. The van der Waals surface area contributed by atoms with E-state index in [1.165, 1.54) is 5.56 Å². The van der Waals surface area contributed by atoms with E-state index in [1.807, 2.05) is 19.1 Å². The second kappa shape index (κ2) is 8.22. The highest BCUT2D eigenvalue weighted by molar-refractivity contribution is 5.42. The molecule has 0 bridgehead atoms. The second-order valence-corrected chi connectivity index (χ2v) is 5.30. The smallest absolute Gasteiger partial charge is 0.161 e. The van der Waals surface area contributed by atoms with E-state index in [0.29, 0.717) is 6.61 Å². The van der Waals surface area contributed by atoms with Crippen LogP contribution < -0.4 is 14.8 Å². The fourth-order valence-electron chi connectivity index (χ4n) is 2.46. The minimum absolute atomic E-state index is 0.272. The van der Waals surface area contributed by atoms with Gasteiger partial charge in [-0.05, 0) is 31.7 Å². The average Bonchev–Trinajstić information content (AvgIpc) is 2.49. The number of methoxy groups -OCH3 is 1. The predicted octanol–water partition coefficient (Wildman–Crippen LogP) is 1.51. The first-order valence-electron chi connectivity index (χ1n) is 7.53. The average molecular weight is 294 g/mol. The third-order valence-electron chi connectivity index (χ3n) is 3.57. The Bertz CT molecular complexity index is 440. The van der Waals surface area contributed by atoms with Crippen LogP contribution in [0.3, 0.4) is 0 Å². The van der Waals surface area contributed by atoms with Gasteiger partial charge in [-0.15, -0.1) is 0 Å². The molecule has 0 spiro atoms. The van der Waals surface area contributed by atoms with Crippen LogP contribution in [0.1, 0.15) is 12.5 Å². The van der Waals surface area contributed by atoms with Crippen LogP contribution >= 0.6 is 0 Å². The molecule has 1 aromatic rings. The van der Waals surface area contributed by atoms with Gasteiger partial charge in [-0.25, -0.2) is 0 Å². The molecular formula is C16H26N2O3. The molecule has 1 N–H and O–H groups in total. The Kier molecular flexibility index (Phi) is 6.29. The van der Waals surface area contributed by atoms with Crippen LogP contribution in [0.15, 0.2) is 18.2 Å². The number of rotatable bonds is 7. The molecule has 21 heavy (non-hydrogen) atoms. The predicted molar refractivity (Wildman–Crippen MR) is 83.1 cm³/mol. The number of benzene rings is 1. The normalized spacial score (nSPS) is 19.5. The number of nitrogens with one attached hydrogen (secondary N) is 1. The molecular weight excluding hydrogens is 268 g/mol. The van der Waals surface area contributed by atoms with Crippen molar-refractivity contribution in [3.8, 4) is 11.5 Å². The van der Waals surface area contributed by atoms with E-state index in [0.717, 1.165) is 44.3 Å². The van der Waals surface area contributed by atoms with Crippen molar-refractivity contribution in [2.24, 2.45) is 0 Å². The number of likely N-dealkylation sites (N-methyl/N-ethyl adjacent to an activating group) is 1. The van der Waals surface area contributed by atoms with Gasteiger partial charge in [-0.2, -0.15) is 0 Å². The molecule has 1 aromatic carbocycles. The number of ether oxygens (including phenoxy) is 3. The minimum atomic E-state index is 0.272. The monoisotopic (exact) mass is 294 g/mol. The van der Waals surface area contributed by atoms with Crippen molar-refractivity contribution in [3.63, 3.8) is 0 Å². The molecule has 1 heterocycles. The van der Waals surface area contributed by atoms with E-state index in [1.54, 1.807) is 7.11 Å². The molecule has 1 atom stereocenters. The lowest BCUT2D eigenvalue weighted by atomic mass is 10.2. The molecule has 2 rings (SSSR count). The maximum absolute atomic E-state index is 5.73. The number of hydrogen-bond acceptors (Lipinski definition) is 5. The maximum Gasteiger partial charge on any atom is 0.161 e. The van der Waals surface area contributed by atoms with Crippen molar-refractivity contribution in [2.75, 3.05) is 47.0 Å². The SMILES string of the molecule is CCOc1ccc(CNCC2CN(C)CCO2)cc1OC. The molecule has 5 heteroatoms. The van der Waals surface area contributed by atoms with E-state index in [9.17, 15) is 0 Å². The second-order valence-electron chi connectivity index (χ2n) is 5.30. The fourth-order valence-corrected chi connectivity index (χ4v) is 2.46. The van der Waals surface area contributed by atoms with Crippen LogP contribution in [0.25, 0.3) is 0 Å². The van der Waals surface area contributed by atoms with Gasteiger partial charge >= 0.3 is 0 Å². The summed E-state index contributed by atoms with van der Waals surface area (Å²) in [4.78, 5) is 2.30. The quantitative estimate of drug-likeness (QED) is 0.826. The van der Waals surface area contributed by atoms with Gasteiger partial charge in [0.1, 0.15) is 0 Å². The van der Waals surface area contributed by atoms with Gasteiger partial charge in [0, 0.05) is 26.2 Å². The Morgan fingerprint density at radius 2 is 2.24 bits per heavy atom. The first-order chi connectivity index (χ1) is 10.2. The van der Waals surface area contributed by atoms with Crippen LogP contribution in [-0.2, 0) is 11.3 Å². The van der Waals surface area contributed by atoms with E-state index in [2.05, 4.69) is 23.3 Å². The Balaban J connectivity index is 1.82. The van der Waals surface area contributed by atoms with E-state index in [-0.39, 0.29) is 6.10 Å². The molecule has 1 fully saturated rings. The summed E-state index contributed by atoms with van der Waals surface area (Å²) in [7, 11) is 3.80. The number of morpholine rings is 1. The van der Waals surface area contributed by atoms with Gasteiger partial charge in [-0.1, -0.05) is 6.07 Å². The van der Waals surface area contributed by atoms with Crippen molar-refractivity contribution < 1.29 is 14.2 Å². The minimum Gasteiger partial charge on any atom is -0.493 e. The van der Waals surface area contributed by atoms with Gasteiger partial charge in [0.05, 0.1) is 26.4 Å². The standard InChI is InChI=1S/C16H26N2O3/c1-4-20-15-6-5-13(9-16(15)19-3)10-17-11-14-12-18(2)7-8-21-14/h5-6,9,14,17H,4,7-8,10-12H2,1-3H3. The molecule has 1 unspecified atom stereocenters. The van der Waals surface area contributed by atoms with Crippen LogP contribution in [0.4, 0.5) is 0 Å². The molecule has 118 valence electrons. The zero-order chi connectivity index (χ0) is 15.1. The number of nitrogens with zero attached hydrogens (tertiary/aromatic N) is 1. The highest BCUT2D eigenvalue weighted by Gasteiger charge is 2.16. The lowest BCUT2D eigenvalue weighted by molar-refractivity contribution is -0.0182. The lowest BCUT2D eigenvalue weighted by Crippen LogP contribution is -2.44. The summed E-state index contributed by atoms with van der Waals surface area (Å²) in [6.07, 6.45) is 0.272. The summed E-state index contributed by atoms with van der Waals surface area (Å²) in [6.45, 7) is 7.09. The van der Waals surface area contributed by atoms with E-state index in [4.69, 9.17) is 14.2 Å². The zero-order valence-electron chi connectivity index (χ0n) is 13.2. The summed E-state index contributed by atoms with van der Waals surface area (Å²) >= 11 is 0. The molecule has 0 saturated carbocycles. The topological polar surface area (TPSA) is 43.0 Å². The van der Waals surface area contributed by atoms with Gasteiger partial charge in [-0.3, -0.25) is 0 Å². The largest absolute Gasteiger partial charge is 0.493 e. The summed E-state index contributed by atoms with van der Waals surface area (Å²) < 4.78 is 16.6. The van der Waals surface area contributed by atoms with Crippen LogP contribution in [0, 0.1) is 0 Å². The van der Waals surface area contributed by atoms with E-state index < -0.39 is 0 Å². The fraction of sp³-hybridized carbons (Fsp3) is 0.625. The molecule has 0 aliphatic carbocycles. The Morgan fingerprint density at radius 1 is 1.38 bits per heavy atom. The molecule has 5 nitrogen and oxygen atoms in total. The van der Waals surface area contributed by atoms with Crippen LogP contribution in [0.5, 0.6) is 11.5 Å². The first-order valence-corrected chi connectivity index (χ1v) is 7.53. The Morgan fingerprint density at radius 3 is 2.95 bits per heavy atom. The van der Waals surface area contributed by atoms with Crippen molar-refractivity contribution in [2.45, 2.75) is 19.6 Å². The van der Waals surface area contributed by atoms with Gasteiger partial charge in [0.15, 0.2) is 11.5 Å². The van der Waals surface area contributed by atoms with Gasteiger partial charge in [0.25, 0.3) is 0 Å². The molecule has 1 aliphatic rings.